The Morgan fingerprint density at radius 1 is 1.20 bits per heavy atom. The largest absolute Gasteiger partial charge is 0.496 e. The maximum absolute atomic E-state index is 12.5. The quantitative estimate of drug-likeness (QED) is 0.792. The number of sulfonamides is 1. The summed E-state index contributed by atoms with van der Waals surface area (Å²) >= 11 is 3.38. The SMILES string of the molecule is COc1ccc(Br)cc1C(C)NC(=O)N(C)S(=O)(=O)c1ccccc1. The van der Waals surface area contributed by atoms with Crippen LogP contribution >= 0.6 is 15.9 Å². The van der Waals surface area contributed by atoms with Crippen molar-refractivity contribution in [2.75, 3.05) is 14.2 Å². The summed E-state index contributed by atoms with van der Waals surface area (Å²) in [5, 5.41) is 2.68. The number of nitrogens with zero attached hydrogens (tertiary/aromatic N) is 1. The molecule has 2 rings (SSSR count). The lowest BCUT2D eigenvalue weighted by Gasteiger charge is -2.22. The van der Waals surface area contributed by atoms with E-state index in [-0.39, 0.29) is 4.90 Å². The molecule has 1 N–H and O–H groups in total. The van der Waals surface area contributed by atoms with Gasteiger partial charge in [0.25, 0.3) is 10.0 Å². The van der Waals surface area contributed by atoms with E-state index in [0.29, 0.717) is 10.1 Å². The van der Waals surface area contributed by atoms with E-state index in [4.69, 9.17) is 4.74 Å². The van der Waals surface area contributed by atoms with Gasteiger partial charge < -0.3 is 10.1 Å². The van der Waals surface area contributed by atoms with Crippen molar-refractivity contribution >= 4 is 32.0 Å². The Morgan fingerprint density at radius 3 is 2.44 bits per heavy atom. The third kappa shape index (κ3) is 4.32. The average Bonchev–Trinajstić information content (AvgIpc) is 2.61. The molecular weight excluding hydrogens is 408 g/mol. The minimum atomic E-state index is -3.91. The summed E-state index contributed by atoms with van der Waals surface area (Å²) < 4.78 is 31.8. The predicted octanol–water partition coefficient (Wildman–Crippen LogP) is 3.55. The van der Waals surface area contributed by atoms with E-state index in [9.17, 15) is 13.2 Å². The van der Waals surface area contributed by atoms with E-state index >= 15 is 0 Å². The Morgan fingerprint density at radius 2 is 1.84 bits per heavy atom. The third-order valence-corrected chi connectivity index (χ3v) is 5.93. The number of hydrogen-bond acceptors (Lipinski definition) is 4. The summed E-state index contributed by atoms with van der Waals surface area (Å²) in [5.41, 5.74) is 0.732. The van der Waals surface area contributed by atoms with Gasteiger partial charge in [-0.05, 0) is 37.3 Å². The van der Waals surface area contributed by atoms with Crippen LogP contribution < -0.4 is 10.1 Å². The summed E-state index contributed by atoms with van der Waals surface area (Å²) in [6.07, 6.45) is 0. The van der Waals surface area contributed by atoms with Crippen molar-refractivity contribution in [3.8, 4) is 5.75 Å². The molecule has 0 radical (unpaired) electrons. The second kappa shape index (κ2) is 7.88. The van der Waals surface area contributed by atoms with Crippen molar-refractivity contribution < 1.29 is 17.9 Å². The van der Waals surface area contributed by atoms with Gasteiger partial charge in [0.2, 0.25) is 0 Å². The first-order chi connectivity index (χ1) is 11.8. The van der Waals surface area contributed by atoms with Gasteiger partial charge in [-0.3, -0.25) is 0 Å². The van der Waals surface area contributed by atoms with Crippen LogP contribution in [0.15, 0.2) is 57.9 Å². The molecule has 0 aliphatic carbocycles. The van der Waals surface area contributed by atoms with Crippen molar-refractivity contribution in [1.82, 2.24) is 9.62 Å². The monoisotopic (exact) mass is 426 g/mol. The number of hydrogen-bond donors (Lipinski definition) is 1. The Labute approximate surface area is 156 Å². The van der Waals surface area contributed by atoms with Gasteiger partial charge in [-0.2, -0.15) is 0 Å². The van der Waals surface area contributed by atoms with Crippen LogP contribution in [0.5, 0.6) is 5.75 Å². The summed E-state index contributed by atoms with van der Waals surface area (Å²) in [7, 11) is -1.15. The van der Waals surface area contributed by atoms with Crippen molar-refractivity contribution in [2.45, 2.75) is 17.9 Å². The first-order valence-corrected chi connectivity index (χ1v) is 9.68. The van der Waals surface area contributed by atoms with Crippen molar-refractivity contribution in [1.29, 1.82) is 0 Å². The van der Waals surface area contributed by atoms with Crippen molar-refractivity contribution in [3.05, 3.63) is 58.6 Å². The van der Waals surface area contributed by atoms with Crippen molar-refractivity contribution in [3.63, 3.8) is 0 Å². The normalized spacial score (nSPS) is 12.3. The van der Waals surface area contributed by atoms with Crippen LogP contribution in [-0.2, 0) is 10.0 Å². The van der Waals surface area contributed by atoms with Crippen molar-refractivity contribution in [2.24, 2.45) is 0 Å². The number of carbonyl (C=O) groups is 1. The molecule has 2 amide bonds. The Bertz CT molecular complexity index is 856. The zero-order chi connectivity index (χ0) is 18.6. The minimum absolute atomic E-state index is 0.0559. The standard InChI is InChI=1S/C17H19BrN2O4S/c1-12(15-11-13(18)9-10-16(15)24-3)19-17(21)20(2)25(22,23)14-7-5-4-6-8-14/h4-12H,1-3H3,(H,19,21). The molecule has 0 aliphatic heterocycles. The molecule has 8 heteroatoms. The number of urea groups is 1. The number of methoxy groups -OCH3 is 1. The maximum atomic E-state index is 12.5. The number of halogens is 1. The fraction of sp³-hybridized carbons (Fsp3) is 0.235. The highest BCUT2D eigenvalue weighted by Crippen LogP contribution is 2.28. The van der Waals surface area contributed by atoms with Crippen LogP contribution in [0.1, 0.15) is 18.5 Å². The van der Waals surface area contributed by atoms with Gasteiger partial charge in [-0.15, -0.1) is 0 Å². The van der Waals surface area contributed by atoms with Gasteiger partial charge in [0, 0.05) is 17.1 Å². The molecule has 0 aromatic heterocycles. The van der Waals surface area contributed by atoms with Gasteiger partial charge in [-0.1, -0.05) is 34.1 Å². The summed E-state index contributed by atoms with van der Waals surface area (Å²) in [4.78, 5) is 12.5. The molecule has 0 bridgehead atoms. The molecule has 25 heavy (non-hydrogen) atoms. The highest BCUT2D eigenvalue weighted by molar-refractivity contribution is 9.10. The first kappa shape index (κ1) is 19.3. The summed E-state index contributed by atoms with van der Waals surface area (Å²) in [5.74, 6) is 0.601. The average molecular weight is 427 g/mol. The lowest BCUT2D eigenvalue weighted by Crippen LogP contribution is -2.42. The van der Waals surface area contributed by atoms with Crippen LogP contribution in [-0.4, -0.2) is 32.9 Å². The van der Waals surface area contributed by atoms with E-state index in [2.05, 4.69) is 21.2 Å². The van der Waals surface area contributed by atoms with Crippen LogP contribution in [0.25, 0.3) is 0 Å². The highest BCUT2D eigenvalue weighted by Gasteiger charge is 2.27. The lowest BCUT2D eigenvalue weighted by molar-refractivity contribution is 0.225. The Hall–Kier alpha value is -2.06. The molecule has 0 heterocycles. The van der Waals surface area contributed by atoms with Gasteiger partial charge in [-0.25, -0.2) is 17.5 Å². The second-order valence-corrected chi connectivity index (χ2v) is 8.23. The zero-order valence-electron chi connectivity index (χ0n) is 14.1. The molecule has 2 aromatic rings. The highest BCUT2D eigenvalue weighted by atomic mass is 79.9. The van der Waals surface area contributed by atoms with Crippen LogP contribution in [0.4, 0.5) is 4.79 Å². The number of carbonyl (C=O) groups excluding carboxylic acids is 1. The molecule has 0 saturated heterocycles. The molecule has 0 saturated carbocycles. The molecule has 1 atom stereocenters. The molecule has 2 aromatic carbocycles. The molecule has 0 spiro atoms. The van der Waals surface area contributed by atoms with Crippen LogP contribution in [0.3, 0.4) is 0 Å². The second-order valence-electron chi connectivity index (χ2n) is 5.34. The smallest absolute Gasteiger partial charge is 0.331 e. The van der Waals surface area contributed by atoms with Crippen LogP contribution in [0, 0.1) is 0 Å². The Kier molecular flexibility index (Phi) is 6.07. The molecule has 1 unspecified atom stereocenters. The molecule has 6 nitrogen and oxygen atoms in total. The summed E-state index contributed by atoms with van der Waals surface area (Å²) in [6, 6.07) is 12.0. The fourth-order valence-corrected chi connectivity index (χ4v) is 3.72. The Balaban J connectivity index is 2.20. The number of nitrogens with one attached hydrogen (secondary N) is 1. The van der Waals surface area contributed by atoms with E-state index in [1.165, 1.54) is 26.3 Å². The van der Waals surface area contributed by atoms with E-state index in [0.717, 1.165) is 10.0 Å². The van der Waals surface area contributed by atoms with E-state index in [1.807, 2.05) is 12.1 Å². The van der Waals surface area contributed by atoms with Gasteiger partial charge in [0.1, 0.15) is 5.75 Å². The number of benzene rings is 2. The number of ether oxygens (including phenoxy) is 1. The zero-order valence-corrected chi connectivity index (χ0v) is 16.5. The van der Waals surface area contributed by atoms with Gasteiger partial charge in [0.15, 0.2) is 0 Å². The van der Waals surface area contributed by atoms with E-state index in [1.54, 1.807) is 31.2 Å². The number of amides is 2. The molecule has 134 valence electrons. The molecule has 0 aliphatic rings. The van der Waals surface area contributed by atoms with Gasteiger partial charge in [0.05, 0.1) is 18.0 Å². The molecule has 0 fully saturated rings. The number of rotatable bonds is 5. The lowest BCUT2D eigenvalue weighted by atomic mass is 10.1. The minimum Gasteiger partial charge on any atom is -0.496 e. The summed E-state index contributed by atoms with van der Waals surface area (Å²) in [6.45, 7) is 1.76. The fourth-order valence-electron chi connectivity index (χ4n) is 2.26. The van der Waals surface area contributed by atoms with Gasteiger partial charge >= 0.3 is 6.03 Å². The van der Waals surface area contributed by atoms with E-state index < -0.39 is 22.1 Å². The topological polar surface area (TPSA) is 75.7 Å². The third-order valence-electron chi connectivity index (χ3n) is 3.69. The molecular formula is C17H19BrN2O4S. The maximum Gasteiger partial charge on any atom is 0.331 e. The first-order valence-electron chi connectivity index (χ1n) is 7.45. The predicted molar refractivity (Wildman–Crippen MR) is 99.0 cm³/mol. The van der Waals surface area contributed by atoms with Crippen LogP contribution in [0.2, 0.25) is 0 Å².